The van der Waals surface area contributed by atoms with Crippen LogP contribution in [0.2, 0.25) is 0 Å². The molecule has 0 bridgehead atoms. The lowest BCUT2D eigenvalue weighted by Crippen LogP contribution is -2.49. The molecule has 1 aromatic carbocycles. The van der Waals surface area contributed by atoms with Crippen LogP contribution in [0.3, 0.4) is 0 Å². The van der Waals surface area contributed by atoms with Gasteiger partial charge in [-0.3, -0.25) is 4.79 Å². The van der Waals surface area contributed by atoms with Crippen molar-refractivity contribution in [3.8, 4) is 5.75 Å². The fourth-order valence-electron chi connectivity index (χ4n) is 3.22. The third-order valence-corrected chi connectivity index (χ3v) is 4.60. The second-order valence-electron chi connectivity index (χ2n) is 6.24. The number of benzene rings is 1. The zero-order chi connectivity index (χ0) is 17.5. The van der Waals surface area contributed by atoms with Crippen LogP contribution in [-0.4, -0.2) is 50.8 Å². The zero-order valence-corrected chi connectivity index (χ0v) is 14.5. The van der Waals surface area contributed by atoms with Gasteiger partial charge in [0, 0.05) is 45.2 Å². The lowest BCUT2D eigenvalue weighted by atomic mass is 9.85. The van der Waals surface area contributed by atoms with E-state index in [9.17, 15) is 9.18 Å². The number of rotatable bonds is 7. The van der Waals surface area contributed by atoms with Gasteiger partial charge in [0.2, 0.25) is 5.91 Å². The molecule has 0 spiro atoms. The minimum absolute atomic E-state index is 0.0583. The monoisotopic (exact) mass is 338 g/mol. The molecule has 134 valence electrons. The summed E-state index contributed by atoms with van der Waals surface area (Å²) in [6.45, 7) is 1.86. The van der Waals surface area contributed by atoms with Crippen molar-refractivity contribution in [2.75, 3.05) is 33.9 Å². The highest BCUT2D eigenvalue weighted by Gasteiger charge is 2.30. The molecule has 2 rings (SSSR count). The Bertz CT molecular complexity index is 553. The topological polar surface area (TPSA) is 64.8 Å². The van der Waals surface area contributed by atoms with Gasteiger partial charge in [-0.15, -0.1) is 0 Å². The molecule has 1 amide bonds. The van der Waals surface area contributed by atoms with Gasteiger partial charge in [0.25, 0.3) is 0 Å². The maximum atomic E-state index is 13.9. The zero-order valence-electron chi connectivity index (χ0n) is 14.5. The first-order chi connectivity index (χ1) is 11.6. The second kappa shape index (κ2) is 8.99. The summed E-state index contributed by atoms with van der Waals surface area (Å²) in [4.78, 5) is 14.1. The Morgan fingerprint density at radius 1 is 1.38 bits per heavy atom. The molecular weight excluding hydrogens is 311 g/mol. The highest BCUT2D eigenvalue weighted by Crippen LogP contribution is 2.30. The molecule has 24 heavy (non-hydrogen) atoms. The largest absolute Gasteiger partial charge is 0.494 e. The molecule has 0 radical (unpaired) electrons. The standard InChI is InChI=1S/C18H27FN2O3/c1-23-10-4-3-5-18(22)21-9-8-14(16(20)12-21)13-6-7-17(24-2)15(19)11-13/h6-7,11,14,16H,3-5,8-10,12,20H2,1-2H3/t14-,16-/m1/s1. The number of nitrogens with zero attached hydrogens (tertiary/aromatic N) is 1. The second-order valence-corrected chi connectivity index (χ2v) is 6.24. The molecule has 1 aromatic rings. The summed E-state index contributed by atoms with van der Waals surface area (Å²) >= 11 is 0. The number of hydrogen-bond acceptors (Lipinski definition) is 4. The molecular formula is C18H27FN2O3. The predicted octanol–water partition coefficient (Wildman–Crippen LogP) is 2.29. The number of piperidine rings is 1. The first-order valence-corrected chi connectivity index (χ1v) is 8.42. The normalized spacial score (nSPS) is 20.9. The van der Waals surface area contributed by atoms with Gasteiger partial charge in [0.05, 0.1) is 7.11 Å². The summed E-state index contributed by atoms with van der Waals surface area (Å²) in [5.74, 6) is 0.0544. The van der Waals surface area contributed by atoms with Crippen LogP contribution in [0.4, 0.5) is 4.39 Å². The van der Waals surface area contributed by atoms with Gasteiger partial charge >= 0.3 is 0 Å². The Morgan fingerprint density at radius 2 is 2.17 bits per heavy atom. The summed E-state index contributed by atoms with van der Waals surface area (Å²) < 4.78 is 23.8. The van der Waals surface area contributed by atoms with E-state index in [-0.39, 0.29) is 29.4 Å². The molecule has 6 heteroatoms. The number of likely N-dealkylation sites (tertiary alicyclic amines) is 1. The van der Waals surface area contributed by atoms with Crippen molar-refractivity contribution in [1.29, 1.82) is 0 Å². The third kappa shape index (κ3) is 4.68. The van der Waals surface area contributed by atoms with E-state index in [0.717, 1.165) is 24.8 Å². The predicted molar refractivity (Wildman–Crippen MR) is 90.6 cm³/mol. The summed E-state index contributed by atoms with van der Waals surface area (Å²) in [6.07, 6.45) is 2.98. The molecule has 1 heterocycles. The van der Waals surface area contributed by atoms with Crippen molar-refractivity contribution in [3.63, 3.8) is 0 Å². The van der Waals surface area contributed by atoms with Crippen molar-refractivity contribution >= 4 is 5.91 Å². The van der Waals surface area contributed by atoms with Crippen LogP contribution in [0.25, 0.3) is 0 Å². The molecule has 0 aliphatic carbocycles. The molecule has 2 N–H and O–H groups in total. The van der Waals surface area contributed by atoms with Crippen molar-refractivity contribution in [3.05, 3.63) is 29.6 Å². The summed E-state index contributed by atoms with van der Waals surface area (Å²) in [7, 11) is 3.11. The number of halogens is 1. The average molecular weight is 338 g/mol. The van der Waals surface area contributed by atoms with E-state index in [1.165, 1.54) is 13.2 Å². The number of carbonyl (C=O) groups is 1. The van der Waals surface area contributed by atoms with Crippen molar-refractivity contribution in [2.45, 2.75) is 37.6 Å². The van der Waals surface area contributed by atoms with Gasteiger partial charge in [0.1, 0.15) is 0 Å². The van der Waals surface area contributed by atoms with Gasteiger partial charge in [-0.1, -0.05) is 6.07 Å². The van der Waals surface area contributed by atoms with E-state index in [4.69, 9.17) is 15.2 Å². The first-order valence-electron chi connectivity index (χ1n) is 8.42. The van der Waals surface area contributed by atoms with Crippen LogP contribution in [0.1, 0.15) is 37.2 Å². The van der Waals surface area contributed by atoms with Crippen LogP contribution >= 0.6 is 0 Å². The molecule has 5 nitrogen and oxygen atoms in total. The molecule has 1 saturated heterocycles. The molecule has 0 aromatic heterocycles. The smallest absolute Gasteiger partial charge is 0.222 e. The van der Waals surface area contributed by atoms with Gasteiger partial charge in [0.15, 0.2) is 11.6 Å². The van der Waals surface area contributed by atoms with Crippen molar-refractivity contribution < 1.29 is 18.7 Å². The van der Waals surface area contributed by atoms with Gasteiger partial charge in [-0.25, -0.2) is 4.39 Å². The number of unbranched alkanes of at least 4 members (excludes halogenated alkanes) is 1. The Labute approximate surface area is 142 Å². The van der Waals surface area contributed by atoms with Crippen LogP contribution < -0.4 is 10.5 Å². The van der Waals surface area contributed by atoms with E-state index >= 15 is 0 Å². The Morgan fingerprint density at radius 3 is 2.79 bits per heavy atom. The van der Waals surface area contributed by atoms with Crippen LogP contribution in [0.15, 0.2) is 18.2 Å². The van der Waals surface area contributed by atoms with Crippen LogP contribution in [-0.2, 0) is 9.53 Å². The SMILES string of the molecule is COCCCCC(=O)N1CC[C@H](c2ccc(OC)c(F)c2)[C@H](N)C1. The highest BCUT2D eigenvalue weighted by molar-refractivity contribution is 5.76. The summed E-state index contributed by atoms with van der Waals surface area (Å²) in [5, 5.41) is 0. The number of amides is 1. The molecule has 1 aliphatic rings. The molecule has 1 fully saturated rings. The van der Waals surface area contributed by atoms with Crippen molar-refractivity contribution in [1.82, 2.24) is 4.90 Å². The van der Waals surface area contributed by atoms with Gasteiger partial charge < -0.3 is 20.1 Å². The van der Waals surface area contributed by atoms with E-state index in [2.05, 4.69) is 0 Å². The first kappa shape index (κ1) is 18.7. The lowest BCUT2D eigenvalue weighted by Gasteiger charge is -2.37. The number of ether oxygens (including phenoxy) is 2. The summed E-state index contributed by atoms with van der Waals surface area (Å²) in [6, 6.07) is 4.79. The van der Waals surface area contributed by atoms with E-state index in [0.29, 0.717) is 26.1 Å². The quantitative estimate of drug-likeness (QED) is 0.775. The minimum Gasteiger partial charge on any atom is -0.494 e. The fraction of sp³-hybridized carbons (Fsp3) is 0.611. The molecule has 0 saturated carbocycles. The molecule has 0 unspecified atom stereocenters. The Hall–Kier alpha value is -1.66. The van der Waals surface area contributed by atoms with Gasteiger partial charge in [-0.2, -0.15) is 0 Å². The maximum Gasteiger partial charge on any atom is 0.222 e. The van der Waals surface area contributed by atoms with Crippen LogP contribution in [0.5, 0.6) is 5.75 Å². The van der Waals surface area contributed by atoms with Crippen molar-refractivity contribution in [2.24, 2.45) is 5.73 Å². The number of methoxy groups -OCH3 is 2. The van der Waals surface area contributed by atoms with E-state index < -0.39 is 0 Å². The van der Waals surface area contributed by atoms with Crippen LogP contribution in [0, 0.1) is 5.82 Å². The van der Waals surface area contributed by atoms with E-state index in [1.54, 1.807) is 13.2 Å². The Balaban J connectivity index is 1.90. The summed E-state index contributed by atoms with van der Waals surface area (Å²) in [5.41, 5.74) is 7.14. The molecule has 2 atom stereocenters. The average Bonchev–Trinajstić information content (AvgIpc) is 2.58. The lowest BCUT2D eigenvalue weighted by molar-refractivity contribution is -0.132. The number of hydrogen-bond donors (Lipinski definition) is 1. The van der Waals surface area contributed by atoms with E-state index in [1.807, 2.05) is 11.0 Å². The molecule has 1 aliphatic heterocycles. The number of nitrogens with two attached hydrogens (primary N) is 1. The minimum atomic E-state index is -0.376. The third-order valence-electron chi connectivity index (χ3n) is 4.60. The highest BCUT2D eigenvalue weighted by atomic mass is 19.1. The van der Waals surface area contributed by atoms with Gasteiger partial charge in [-0.05, 0) is 37.0 Å². The maximum absolute atomic E-state index is 13.9. The number of carbonyl (C=O) groups excluding carboxylic acids is 1. The fourth-order valence-corrected chi connectivity index (χ4v) is 3.22. The Kier molecular flexibility index (Phi) is 6.99.